The molecule has 5 nitrogen and oxygen atoms in total. The summed E-state index contributed by atoms with van der Waals surface area (Å²) in [6.45, 7) is 0.415. The van der Waals surface area contributed by atoms with Crippen molar-refractivity contribution >= 4 is 15.9 Å². The van der Waals surface area contributed by atoms with Crippen LogP contribution < -0.4 is 4.72 Å². The smallest absolute Gasteiger partial charge is 0.242 e. The summed E-state index contributed by atoms with van der Waals surface area (Å²) in [6.07, 6.45) is 4.54. The molecule has 1 heterocycles. The van der Waals surface area contributed by atoms with Crippen molar-refractivity contribution in [3.63, 3.8) is 0 Å². The fraction of sp³-hybridized carbons (Fsp3) is 0.909. The van der Waals surface area contributed by atoms with Gasteiger partial charge in [0.2, 0.25) is 15.9 Å². The molecule has 1 aliphatic heterocycles. The molecule has 96 valence electrons. The molecule has 1 amide bonds. The Morgan fingerprint density at radius 1 is 1.24 bits per heavy atom. The normalized spacial score (nSPS) is 33.6. The van der Waals surface area contributed by atoms with Crippen LogP contribution in [0.3, 0.4) is 0 Å². The Kier molecular flexibility index (Phi) is 2.66. The molecule has 1 saturated heterocycles. The quantitative estimate of drug-likeness (QED) is 0.786. The lowest BCUT2D eigenvalue weighted by Crippen LogP contribution is -2.49. The van der Waals surface area contributed by atoms with Gasteiger partial charge in [-0.05, 0) is 18.3 Å². The van der Waals surface area contributed by atoms with Gasteiger partial charge in [0, 0.05) is 5.92 Å². The van der Waals surface area contributed by atoms with Crippen LogP contribution in [0.4, 0.5) is 0 Å². The average Bonchev–Trinajstić information content (AvgIpc) is 2.74. The summed E-state index contributed by atoms with van der Waals surface area (Å²) in [5.74, 6) is 0.752. The Balaban J connectivity index is 1.53. The van der Waals surface area contributed by atoms with Gasteiger partial charge in [0.1, 0.15) is 5.25 Å². The van der Waals surface area contributed by atoms with E-state index in [1.807, 2.05) is 0 Å². The molecule has 0 radical (unpaired) electrons. The summed E-state index contributed by atoms with van der Waals surface area (Å²) in [5.41, 5.74) is 0. The highest BCUT2D eigenvalue weighted by Gasteiger charge is 2.50. The van der Waals surface area contributed by atoms with E-state index in [4.69, 9.17) is 4.74 Å². The molecule has 1 N–H and O–H groups in total. The topological polar surface area (TPSA) is 72.5 Å². The van der Waals surface area contributed by atoms with Gasteiger partial charge in [0.15, 0.2) is 0 Å². The zero-order valence-electron chi connectivity index (χ0n) is 9.59. The number of carbonyl (C=O) groups is 1. The largest absolute Gasteiger partial charge is 0.378 e. The first kappa shape index (κ1) is 11.5. The SMILES string of the molecule is O=C(NS(=O)(=O)C1COC1)[C@@H]1C[C@H]1C1CCC1. The minimum absolute atomic E-state index is 0.0592. The van der Waals surface area contributed by atoms with E-state index in [1.165, 1.54) is 19.3 Å². The van der Waals surface area contributed by atoms with Crippen LogP contribution in [0, 0.1) is 17.8 Å². The number of hydrogen-bond acceptors (Lipinski definition) is 4. The number of amides is 1. The molecule has 0 bridgehead atoms. The molecule has 2 saturated carbocycles. The molecule has 2 aliphatic carbocycles. The van der Waals surface area contributed by atoms with Crippen LogP contribution in [0.5, 0.6) is 0 Å². The summed E-state index contributed by atoms with van der Waals surface area (Å²) in [5, 5.41) is -0.535. The molecule has 3 fully saturated rings. The van der Waals surface area contributed by atoms with Gasteiger partial charge in [-0.2, -0.15) is 0 Å². The second-order valence-corrected chi connectivity index (χ2v) is 7.33. The molecule has 3 aliphatic rings. The Bertz CT molecular complexity index is 425. The highest BCUT2D eigenvalue weighted by molar-refractivity contribution is 7.90. The molecule has 2 atom stereocenters. The van der Waals surface area contributed by atoms with Crippen LogP contribution in [-0.4, -0.2) is 32.8 Å². The van der Waals surface area contributed by atoms with E-state index >= 15 is 0 Å². The van der Waals surface area contributed by atoms with E-state index in [1.54, 1.807) is 0 Å². The van der Waals surface area contributed by atoms with E-state index < -0.39 is 15.3 Å². The van der Waals surface area contributed by atoms with Crippen LogP contribution in [0.15, 0.2) is 0 Å². The van der Waals surface area contributed by atoms with Crippen LogP contribution in [-0.2, 0) is 19.6 Å². The summed E-state index contributed by atoms with van der Waals surface area (Å²) in [6, 6.07) is 0. The van der Waals surface area contributed by atoms with Gasteiger partial charge in [-0.1, -0.05) is 19.3 Å². The summed E-state index contributed by atoms with van der Waals surface area (Å²) in [4.78, 5) is 11.8. The van der Waals surface area contributed by atoms with Crippen molar-refractivity contribution in [2.24, 2.45) is 17.8 Å². The van der Waals surface area contributed by atoms with Crippen molar-refractivity contribution in [2.75, 3.05) is 13.2 Å². The van der Waals surface area contributed by atoms with E-state index in [0.717, 1.165) is 6.42 Å². The van der Waals surface area contributed by atoms with Crippen molar-refractivity contribution < 1.29 is 17.9 Å². The van der Waals surface area contributed by atoms with Gasteiger partial charge in [-0.15, -0.1) is 0 Å². The zero-order chi connectivity index (χ0) is 12.0. The fourth-order valence-corrected chi connectivity index (χ4v) is 3.75. The maximum absolute atomic E-state index is 11.8. The third-order valence-electron chi connectivity index (χ3n) is 4.22. The van der Waals surface area contributed by atoms with Crippen molar-refractivity contribution in [1.82, 2.24) is 4.72 Å². The van der Waals surface area contributed by atoms with Gasteiger partial charge in [0.05, 0.1) is 13.2 Å². The molecular formula is C11H17NO4S. The second kappa shape index (κ2) is 3.95. The van der Waals surface area contributed by atoms with E-state index in [2.05, 4.69) is 4.72 Å². The maximum atomic E-state index is 11.8. The second-order valence-electron chi connectivity index (χ2n) is 5.37. The lowest BCUT2D eigenvalue weighted by Gasteiger charge is -2.26. The number of carbonyl (C=O) groups excluding carboxylic acids is 1. The predicted octanol–water partition coefficient (Wildman–Crippen LogP) is 0.267. The average molecular weight is 259 g/mol. The highest BCUT2D eigenvalue weighted by atomic mass is 32.2. The standard InChI is InChI=1S/C11H17NO4S/c13-11(10-4-9(10)7-2-1-3-7)12-17(14,15)8-5-16-6-8/h7-10H,1-6H2,(H,12,13)/t9-,10+/m0/s1. The Morgan fingerprint density at radius 2 is 1.94 bits per heavy atom. The third kappa shape index (κ3) is 2.08. The zero-order valence-corrected chi connectivity index (χ0v) is 10.4. The molecule has 0 aromatic rings. The molecule has 0 aromatic heterocycles. The third-order valence-corrected chi connectivity index (χ3v) is 5.86. The van der Waals surface area contributed by atoms with Crippen LogP contribution in [0.25, 0.3) is 0 Å². The molecule has 17 heavy (non-hydrogen) atoms. The summed E-state index contributed by atoms with van der Waals surface area (Å²) < 4.78 is 30.4. The maximum Gasteiger partial charge on any atom is 0.242 e. The first-order valence-corrected chi connectivity index (χ1v) is 7.76. The number of rotatable bonds is 4. The molecule has 6 heteroatoms. The number of ether oxygens (including phenoxy) is 1. The van der Waals surface area contributed by atoms with Gasteiger partial charge >= 0.3 is 0 Å². The fourth-order valence-electron chi connectivity index (χ4n) is 2.60. The lowest BCUT2D eigenvalue weighted by atomic mass is 9.81. The van der Waals surface area contributed by atoms with Gasteiger partial charge in [0.25, 0.3) is 0 Å². The van der Waals surface area contributed by atoms with E-state index in [9.17, 15) is 13.2 Å². The monoisotopic (exact) mass is 259 g/mol. The van der Waals surface area contributed by atoms with E-state index in [0.29, 0.717) is 11.8 Å². The number of hydrogen-bond donors (Lipinski definition) is 1. The number of nitrogens with one attached hydrogen (secondary N) is 1. The summed E-state index contributed by atoms with van der Waals surface area (Å²) >= 11 is 0. The van der Waals surface area contributed by atoms with Crippen LogP contribution in [0.2, 0.25) is 0 Å². The van der Waals surface area contributed by atoms with Crippen molar-refractivity contribution in [1.29, 1.82) is 0 Å². The Morgan fingerprint density at radius 3 is 2.41 bits per heavy atom. The molecule has 3 rings (SSSR count). The first-order valence-electron chi connectivity index (χ1n) is 6.21. The first-order chi connectivity index (χ1) is 8.08. The Hall–Kier alpha value is -0.620. The van der Waals surface area contributed by atoms with E-state index in [-0.39, 0.29) is 25.0 Å². The lowest BCUT2D eigenvalue weighted by molar-refractivity contribution is -0.121. The molecule has 0 aromatic carbocycles. The highest BCUT2D eigenvalue weighted by Crippen LogP contribution is 2.51. The Labute approximate surface area is 101 Å². The van der Waals surface area contributed by atoms with Gasteiger partial charge < -0.3 is 4.74 Å². The molecular weight excluding hydrogens is 242 g/mol. The van der Waals surface area contributed by atoms with Crippen molar-refractivity contribution in [3.05, 3.63) is 0 Å². The summed E-state index contributed by atoms with van der Waals surface area (Å²) in [7, 11) is -3.49. The minimum Gasteiger partial charge on any atom is -0.378 e. The van der Waals surface area contributed by atoms with Gasteiger partial charge in [-0.3, -0.25) is 9.52 Å². The molecule has 0 unspecified atom stereocenters. The van der Waals surface area contributed by atoms with Crippen LogP contribution in [0.1, 0.15) is 25.7 Å². The van der Waals surface area contributed by atoms with Crippen molar-refractivity contribution in [2.45, 2.75) is 30.9 Å². The minimum atomic E-state index is -3.49. The van der Waals surface area contributed by atoms with Crippen LogP contribution >= 0.6 is 0 Å². The molecule has 0 spiro atoms. The van der Waals surface area contributed by atoms with Gasteiger partial charge in [-0.25, -0.2) is 8.42 Å². The predicted molar refractivity (Wildman–Crippen MR) is 60.6 cm³/mol. The van der Waals surface area contributed by atoms with Crippen molar-refractivity contribution in [3.8, 4) is 0 Å². The number of sulfonamides is 1.